The van der Waals surface area contributed by atoms with Crippen LogP contribution in [0.5, 0.6) is 0 Å². The quantitative estimate of drug-likeness (QED) is 0.202. The topological polar surface area (TPSA) is 125 Å². The van der Waals surface area contributed by atoms with Crippen molar-refractivity contribution in [3.05, 3.63) is 80.5 Å². The number of amides is 2. The highest BCUT2D eigenvalue weighted by atomic mass is 35.5. The summed E-state index contributed by atoms with van der Waals surface area (Å²) in [6.07, 6.45) is 1.84. The minimum absolute atomic E-state index is 0.0370. The van der Waals surface area contributed by atoms with E-state index >= 15 is 0 Å². The summed E-state index contributed by atoms with van der Waals surface area (Å²) in [6, 6.07) is 12.7. The Morgan fingerprint density at radius 2 is 1.76 bits per heavy atom. The van der Waals surface area contributed by atoms with E-state index in [1.807, 2.05) is 50.3 Å². The predicted octanol–water partition coefficient (Wildman–Crippen LogP) is 4.78. The van der Waals surface area contributed by atoms with Crippen LogP contribution in [0, 0.1) is 6.92 Å². The second-order valence-electron chi connectivity index (χ2n) is 9.88. The van der Waals surface area contributed by atoms with Crippen LogP contribution in [0.2, 0.25) is 4.34 Å². The van der Waals surface area contributed by atoms with Gasteiger partial charge in [0.1, 0.15) is 4.21 Å². The molecule has 0 radical (unpaired) electrons. The van der Waals surface area contributed by atoms with Crippen LogP contribution in [0.3, 0.4) is 0 Å². The zero-order chi connectivity index (χ0) is 29.9. The molecule has 13 heteroatoms. The van der Waals surface area contributed by atoms with Gasteiger partial charge in [-0.25, -0.2) is 17.9 Å². The van der Waals surface area contributed by atoms with Gasteiger partial charge >= 0.3 is 6.03 Å². The molecule has 4 rings (SSSR count). The number of aryl methyl sites for hydroxylation is 1. The van der Waals surface area contributed by atoms with E-state index < -0.39 is 16.1 Å². The van der Waals surface area contributed by atoms with Gasteiger partial charge in [-0.05, 0) is 93.0 Å². The summed E-state index contributed by atoms with van der Waals surface area (Å²) in [7, 11) is 1.80. The Kier molecular flexibility index (Phi) is 9.40. The maximum atomic E-state index is 13.5. The molecular formula is C28H33ClN6O4S2. The molecule has 0 aliphatic carbocycles. The van der Waals surface area contributed by atoms with Gasteiger partial charge < -0.3 is 20.9 Å². The number of anilines is 2. The van der Waals surface area contributed by atoms with Crippen molar-refractivity contribution in [2.45, 2.75) is 24.1 Å². The summed E-state index contributed by atoms with van der Waals surface area (Å²) in [5, 5.41) is 10.6. The van der Waals surface area contributed by atoms with Crippen LogP contribution in [-0.4, -0.2) is 58.1 Å². The highest BCUT2D eigenvalue weighted by Crippen LogP contribution is 2.30. The molecule has 2 amide bonds. The van der Waals surface area contributed by atoms with E-state index in [-0.39, 0.29) is 15.8 Å². The zero-order valence-electron chi connectivity index (χ0n) is 23.4. The predicted molar refractivity (Wildman–Crippen MR) is 167 cm³/mol. The number of aromatic nitrogens is 1. The van der Waals surface area contributed by atoms with Crippen molar-refractivity contribution < 1.29 is 13.2 Å². The minimum Gasteiger partial charge on any atom is -0.388 e. The van der Waals surface area contributed by atoms with Crippen LogP contribution in [0.4, 0.5) is 16.2 Å². The second-order valence-corrected chi connectivity index (χ2v) is 13.4. The summed E-state index contributed by atoms with van der Waals surface area (Å²) in [4.78, 5) is 28.1. The fourth-order valence-corrected chi connectivity index (χ4v) is 6.89. The van der Waals surface area contributed by atoms with Gasteiger partial charge in [0.25, 0.3) is 15.6 Å². The number of carbonyl (C=O) groups is 1. The molecule has 4 aromatic rings. The molecule has 41 heavy (non-hydrogen) atoms. The summed E-state index contributed by atoms with van der Waals surface area (Å²) in [6.45, 7) is 5.40. The molecule has 2 aromatic heterocycles. The molecule has 0 bridgehead atoms. The Bertz CT molecular complexity index is 1710. The minimum atomic E-state index is -4.08. The fraction of sp³-hybridized carbons (Fsp3) is 0.286. The highest BCUT2D eigenvalue weighted by molar-refractivity contribution is 7.92. The van der Waals surface area contributed by atoms with E-state index in [0.29, 0.717) is 26.7 Å². The molecule has 0 spiro atoms. The lowest BCUT2D eigenvalue weighted by Crippen LogP contribution is -2.34. The number of hydrogen-bond donors (Lipinski definition) is 4. The lowest BCUT2D eigenvalue weighted by Gasteiger charge is -2.20. The van der Waals surface area contributed by atoms with Gasteiger partial charge in [-0.2, -0.15) is 0 Å². The SMILES string of the molecule is CNc1ccc2c(=O)n(-c3ccc(NC(=O)NS(=O)(=O)c4cc(C)c(Cl)s4)cc3)cc(C(C)NCCN(C)C)c2c1. The number of benzene rings is 2. The number of fused-ring (bicyclic) bond motifs is 1. The van der Waals surface area contributed by atoms with Crippen molar-refractivity contribution >= 4 is 61.1 Å². The van der Waals surface area contributed by atoms with E-state index in [4.69, 9.17) is 11.6 Å². The zero-order valence-corrected chi connectivity index (χ0v) is 25.8. The maximum absolute atomic E-state index is 13.5. The first-order chi connectivity index (χ1) is 19.4. The van der Waals surface area contributed by atoms with E-state index in [1.165, 1.54) is 6.07 Å². The monoisotopic (exact) mass is 616 g/mol. The molecule has 218 valence electrons. The largest absolute Gasteiger partial charge is 0.388 e. The molecule has 0 saturated heterocycles. The van der Waals surface area contributed by atoms with Crippen LogP contribution < -0.4 is 26.2 Å². The van der Waals surface area contributed by atoms with Crippen LogP contribution in [-0.2, 0) is 10.0 Å². The first-order valence-electron chi connectivity index (χ1n) is 12.8. The maximum Gasteiger partial charge on any atom is 0.333 e. The average molecular weight is 617 g/mol. The van der Waals surface area contributed by atoms with Crippen molar-refractivity contribution in [1.82, 2.24) is 19.5 Å². The molecule has 1 unspecified atom stereocenters. The lowest BCUT2D eigenvalue weighted by molar-refractivity contribution is 0.256. The Labute approximate surface area is 248 Å². The first-order valence-corrected chi connectivity index (χ1v) is 15.5. The summed E-state index contributed by atoms with van der Waals surface area (Å²) in [5.41, 5.74) is 3.25. The Balaban J connectivity index is 1.60. The van der Waals surface area contributed by atoms with Gasteiger partial charge in [-0.3, -0.25) is 9.36 Å². The van der Waals surface area contributed by atoms with Crippen molar-refractivity contribution in [2.24, 2.45) is 0 Å². The Hall–Kier alpha value is -3.42. The number of rotatable bonds is 10. The number of likely N-dealkylation sites (N-methyl/N-ethyl adjacent to an activating group) is 1. The van der Waals surface area contributed by atoms with Crippen LogP contribution >= 0.6 is 22.9 Å². The fourth-order valence-electron chi connectivity index (χ4n) is 4.27. The molecule has 0 aliphatic rings. The van der Waals surface area contributed by atoms with Gasteiger partial charge in [-0.1, -0.05) is 11.6 Å². The summed E-state index contributed by atoms with van der Waals surface area (Å²) < 4.78 is 28.9. The average Bonchev–Trinajstić information content (AvgIpc) is 3.27. The molecule has 0 aliphatic heterocycles. The first kappa shape index (κ1) is 30.5. The number of sulfonamides is 1. The standard InChI is InChI=1S/C28H33ClN6O4S2/c1-17-14-25(40-26(17)29)41(38,39)33-28(37)32-19-6-9-21(10-7-19)35-16-24(18(2)31-12-13-34(4)5)23-15-20(30-3)8-11-22(23)27(35)36/h6-11,14-16,18,30-31H,12-13H2,1-5H3,(H2,32,33,37). The highest BCUT2D eigenvalue weighted by Gasteiger charge is 2.21. The number of hydrogen-bond acceptors (Lipinski definition) is 8. The van der Waals surface area contributed by atoms with E-state index in [2.05, 4.69) is 27.8 Å². The van der Waals surface area contributed by atoms with Crippen molar-refractivity contribution in [2.75, 3.05) is 44.9 Å². The van der Waals surface area contributed by atoms with Gasteiger partial charge in [0.2, 0.25) is 0 Å². The molecule has 1 atom stereocenters. The molecule has 0 saturated carbocycles. The number of nitrogens with zero attached hydrogens (tertiary/aromatic N) is 2. The third-order valence-corrected chi connectivity index (χ3v) is 9.90. The molecule has 10 nitrogen and oxygen atoms in total. The lowest BCUT2D eigenvalue weighted by atomic mass is 10.0. The van der Waals surface area contributed by atoms with Crippen LogP contribution in [0.1, 0.15) is 24.1 Å². The molecule has 2 aromatic carbocycles. The number of pyridine rings is 1. The molecule has 4 N–H and O–H groups in total. The van der Waals surface area contributed by atoms with E-state index in [1.54, 1.807) is 35.8 Å². The molecule has 0 fully saturated rings. The molecular weight excluding hydrogens is 584 g/mol. The number of urea groups is 1. The van der Waals surface area contributed by atoms with Crippen LogP contribution in [0.25, 0.3) is 16.5 Å². The smallest absolute Gasteiger partial charge is 0.333 e. The van der Waals surface area contributed by atoms with Gasteiger partial charge in [0.15, 0.2) is 0 Å². The van der Waals surface area contributed by atoms with Crippen molar-refractivity contribution in [1.29, 1.82) is 0 Å². The van der Waals surface area contributed by atoms with E-state index in [0.717, 1.165) is 41.1 Å². The number of nitrogens with one attached hydrogen (secondary N) is 4. The molecule has 2 heterocycles. The number of halogens is 1. The van der Waals surface area contributed by atoms with Gasteiger partial charge in [0, 0.05) is 54.8 Å². The van der Waals surface area contributed by atoms with Crippen molar-refractivity contribution in [3.8, 4) is 5.69 Å². The number of carbonyl (C=O) groups excluding carboxylic acids is 1. The summed E-state index contributed by atoms with van der Waals surface area (Å²) in [5.74, 6) is 0. The third kappa shape index (κ3) is 7.08. The normalized spacial score (nSPS) is 12.5. The second kappa shape index (κ2) is 12.6. The summed E-state index contributed by atoms with van der Waals surface area (Å²) >= 11 is 6.85. The van der Waals surface area contributed by atoms with Gasteiger partial charge in [-0.15, -0.1) is 11.3 Å². The Morgan fingerprint density at radius 1 is 1.07 bits per heavy atom. The van der Waals surface area contributed by atoms with Crippen LogP contribution in [0.15, 0.2) is 63.7 Å². The van der Waals surface area contributed by atoms with Gasteiger partial charge in [0.05, 0.1) is 4.34 Å². The Morgan fingerprint density at radius 3 is 2.37 bits per heavy atom. The van der Waals surface area contributed by atoms with E-state index in [9.17, 15) is 18.0 Å². The third-order valence-electron chi connectivity index (χ3n) is 6.54. The van der Waals surface area contributed by atoms with Crippen molar-refractivity contribution in [3.63, 3.8) is 0 Å². The number of thiophene rings is 1.